The summed E-state index contributed by atoms with van der Waals surface area (Å²) in [5.74, 6) is -1.46. The van der Waals surface area contributed by atoms with Gasteiger partial charge in [-0.1, -0.05) is 12.1 Å². The Morgan fingerprint density at radius 2 is 2.00 bits per heavy atom. The number of halogens is 3. The third kappa shape index (κ3) is 3.86. The highest BCUT2D eigenvalue weighted by atomic mass is 79.9. The fourth-order valence-electron chi connectivity index (χ4n) is 1.85. The van der Waals surface area contributed by atoms with Gasteiger partial charge in [0, 0.05) is 12.8 Å². The molecule has 0 aliphatic carbocycles. The second-order valence-electron chi connectivity index (χ2n) is 4.29. The summed E-state index contributed by atoms with van der Waals surface area (Å²) in [7, 11) is 1.34. The third-order valence-corrected chi connectivity index (χ3v) is 3.46. The van der Waals surface area contributed by atoms with Crippen LogP contribution < -0.4 is 5.32 Å². The summed E-state index contributed by atoms with van der Waals surface area (Å²) in [5.41, 5.74) is 0.673. The molecule has 21 heavy (non-hydrogen) atoms. The zero-order valence-corrected chi connectivity index (χ0v) is 12.7. The van der Waals surface area contributed by atoms with Gasteiger partial charge in [0.15, 0.2) is 6.10 Å². The summed E-state index contributed by atoms with van der Waals surface area (Å²) in [4.78, 5) is 12.2. The van der Waals surface area contributed by atoms with Crippen LogP contribution in [-0.2, 0) is 9.53 Å². The van der Waals surface area contributed by atoms with Crippen LogP contribution in [0.2, 0.25) is 0 Å². The van der Waals surface area contributed by atoms with Crippen LogP contribution in [0.4, 0.5) is 14.5 Å². The van der Waals surface area contributed by atoms with E-state index in [1.54, 1.807) is 12.1 Å². The average molecular weight is 356 g/mol. The van der Waals surface area contributed by atoms with Crippen LogP contribution in [0.1, 0.15) is 11.7 Å². The number of amides is 1. The number of benzene rings is 2. The van der Waals surface area contributed by atoms with Crippen LogP contribution in [0, 0.1) is 11.6 Å². The molecule has 2 aromatic carbocycles. The Bertz CT molecular complexity index is 664. The van der Waals surface area contributed by atoms with Gasteiger partial charge in [-0.2, -0.15) is 0 Å². The zero-order valence-electron chi connectivity index (χ0n) is 11.1. The van der Waals surface area contributed by atoms with E-state index in [0.717, 1.165) is 0 Å². The Morgan fingerprint density at radius 1 is 1.24 bits per heavy atom. The minimum absolute atomic E-state index is 0.291. The second-order valence-corrected chi connectivity index (χ2v) is 5.14. The molecule has 3 nitrogen and oxygen atoms in total. The molecular formula is C15H12BrF2NO2. The van der Waals surface area contributed by atoms with Crippen molar-refractivity contribution in [2.24, 2.45) is 0 Å². The highest BCUT2D eigenvalue weighted by Gasteiger charge is 2.20. The highest BCUT2D eigenvalue weighted by Crippen LogP contribution is 2.22. The fourth-order valence-corrected chi connectivity index (χ4v) is 2.09. The van der Waals surface area contributed by atoms with Gasteiger partial charge in [0.2, 0.25) is 0 Å². The van der Waals surface area contributed by atoms with E-state index in [-0.39, 0.29) is 0 Å². The SMILES string of the molecule is COC(C(=O)Nc1ccc(Br)c(F)c1)c1cccc(F)c1. The van der Waals surface area contributed by atoms with Crippen molar-refractivity contribution in [2.45, 2.75) is 6.10 Å². The summed E-state index contributed by atoms with van der Waals surface area (Å²) in [6.45, 7) is 0. The van der Waals surface area contributed by atoms with Gasteiger partial charge in [0.05, 0.1) is 4.47 Å². The van der Waals surface area contributed by atoms with E-state index in [1.165, 1.54) is 37.4 Å². The summed E-state index contributed by atoms with van der Waals surface area (Å²) in [6, 6.07) is 9.77. The Morgan fingerprint density at radius 3 is 2.62 bits per heavy atom. The number of carbonyl (C=O) groups excluding carboxylic acids is 1. The van der Waals surface area contributed by atoms with Crippen molar-refractivity contribution in [1.29, 1.82) is 0 Å². The van der Waals surface area contributed by atoms with Crippen molar-refractivity contribution >= 4 is 27.5 Å². The predicted octanol–water partition coefficient (Wildman–Crippen LogP) is 4.05. The highest BCUT2D eigenvalue weighted by molar-refractivity contribution is 9.10. The maximum Gasteiger partial charge on any atom is 0.258 e. The van der Waals surface area contributed by atoms with Gasteiger partial charge in [-0.3, -0.25) is 4.79 Å². The molecule has 0 aliphatic heterocycles. The molecule has 0 radical (unpaired) electrons. The lowest BCUT2D eigenvalue weighted by Gasteiger charge is -2.16. The van der Waals surface area contributed by atoms with Crippen molar-refractivity contribution in [1.82, 2.24) is 0 Å². The minimum atomic E-state index is -0.979. The zero-order chi connectivity index (χ0) is 15.4. The van der Waals surface area contributed by atoms with Crippen LogP contribution in [0.15, 0.2) is 46.9 Å². The normalized spacial score (nSPS) is 12.0. The molecule has 1 unspecified atom stereocenters. The summed E-state index contributed by atoms with van der Waals surface area (Å²) >= 11 is 3.03. The molecule has 0 saturated heterocycles. The number of rotatable bonds is 4. The molecule has 0 heterocycles. The first-order valence-corrected chi connectivity index (χ1v) is 6.84. The Balaban J connectivity index is 2.18. The molecule has 0 fully saturated rings. The molecule has 2 rings (SSSR count). The van der Waals surface area contributed by atoms with Gasteiger partial charge in [-0.15, -0.1) is 0 Å². The van der Waals surface area contributed by atoms with Crippen molar-refractivity contribution in [3.63, 3.8) is 0 Å². The maximum absolute atomic E-state index is 13.4. The molecule has 6 heteroatoms. The van der Waals surface area contributed by atoms with E-state index in [1.807, 2.05) is 0 Å². The first-order valence-electron chi connectivity index (χ1n) is 6.05. The topological polar surface area (TPSA) is 38.3 Å². The van der Waals surface area contributed by atoms with Gasteiger partial charge < -0.3 is 10.1 Å². The lowest BCUT2D eigenvalue weighted by atomic mass is 10.1. The van der Waals surface area contributed by atoms with Crippen molar-refractivity contribution in [2.75, 3.05) is 12.4 Å². The maximum atomic E-state index is 13.4. The third-order valence-electron chi connectivity index (χ3n) is 2.81. The molecule has 0 aromatic heterocycles. The second kappa shape index (κ2) is 6.78. The van der Waals surface area contributed by atoms with E-state index in [0.29, 0.717) is 15.7 Å². The van der Waals surface area contributed by atoms with Crippen LogP contribution in [0.25, 0.3) is 0 Å². The number of carbonyl (C=O) groups is 1. The van der Waals surface area contributed by atoms with Crippen LogP contribution >= 0.6 is 15.9 Å². The van der Waals surface area contributed by atoms with E-state index >= 15 is 0 Å². The Labute approximate surface area is 129 Å². The monoisotopic (exact) mass is 355 g/mol. The van der Waals surface area contributed by atoms with Crippen LogP contribution in [0.3, 0.4) is 0 Å². The molecule has 0 spiro atoms. The summed E-state index contributed by atoms with van der Waals surface area (Å²) in [5, 5.41) is 2.53. The molecule has 0 aliphatic rings. The fraction of sp³-hybridized carbons (Fsp3) is 0.133. The number of ether oxygens (including phenoxy) is 1. The standard InChI is InChI=1S/C15H12BrF2NO2/c1-21-14(9-3-2-4-10(17)7-9)15(20)19-11-5-6-12(16)13(18)8-11/h2-8,14H,1H3,(H,19,20). The Hall–Kier alpha value is -1.79. The number of hydrogen-bond acceptors (Lipinski definition) is 2. The number of hydrogen-bond donors (Lipinski definition) is 1. The molecule has 0 bridgehead atoms. The van der Waals surface area contributed by atoms with Crippen LogP contribution in [0.5, 0.6) is 0 Å². The number of methoxy groups -OCH3 is 1. The van der Waals surface area contributed by atoms with Crippen molar-refractivity contribution in [3.8, 4) is 0 Å². The first kappa shape index (κ1) is 15.6. The van der Waals surface area contributed by atoms with Crippen LogP contribution in [-0.4, -0.2) is 13.0 Å². The molecule has 1 N–H and O–H groups in total. The first-order chi connectivity index (χ1) is 10.0. The molecule has 110 valence electrons. The minimum Gasteiger partial charge on any atom is -0.367 e. The average Bonchev–Trinajstić information content (AvgIpc) is 2.44. The van der Waals surface area contributed by atoms with Gasteiger partial charge in [-0.05, 0) is 51.8 Å². The molecule has 2 aromatic rings. The smallest absolute Gasteiger partial charge is 0.258 e. The quantitative estimate of drug-likeness (QED) is 0.898. The molecule has 1 amide bonds. The van der Waals surface area contributed by atoms with Gasteiger partial charge >= 0.3 is 0 Å². The Kier molecular flexibility index (Phi) is 5.03. The molecule has 0 saturated carbocycles. The number of anilines is 1. The van der Waals surface area contributed by atoms with Crippen molar-refractivity contribution in [3.05, 3.63) is 64.1 Å². The lowest BCUT2D eigenvalue weighted by Crippen LogP contribution is -2.22. The lowest BCUT2D eigenvalue weighted by molar-refractivity contribution is -0.126. The van der Waals surface area contributed by atoms with Crippen molar-refractivity contribution < 1.29 is 18.3 Å². The van der Waals surface area contributed by atoms with E-state index < -0.39 is 23.6 Å². The van der Waals surface area contributed by atoms with E-state index in [2.05, 4.69) is 21.2 Å². The van der Waals surface area contributed by atoms with E-state index in [4.69, 9.17) is 4.74 Å². The van der Waals surface area contributed by atoms with Gasteiger partial charge in [0.1, 0.15) is 11.6 Å². The summed E-state index contributed by atoms with van der Waals surface area (Å²) < 4.78 is 32.0. The largest absolute Gasteiger partial charge is 0.367 e. The van der Waals surface area contributed by atoms with Gasteiger partial charge in [-0.25, -0.2) is 8.78 Å². The predicted molar refractivity (Wildman–Crippen MR) is 78.9 cm³/mol. The summed E-state index contributed by atoms with van der Waals surface area (Å²) in [6.07, 6.45) is -0.979. The molecule has 1 atom stereocenters. The number of nitrogens with one attached hydrogen (secondary N) is 1. The van der Waals surface area contributed by atoms with Gasteiger partial charge in [0.25, 0.3) is 5.91 Å². The molecular weight excluding hydrogens is 344 g/mol. The van der Waals surface area contributed by atoms with E-state index in [9.17, 15) is 13.6 Å².